The summed E-state index contributed by atoms with van der Waals surface area (Å²) in [7, 11) is 0. The number of ether oxygens (including phenoxy) is 1. The monoisotopic (exact) mass is 277 g/mol. The molecular weight excluding hydrogens is 266 g/mol. The third kappa shape index (κ3) is 2.74. The lowest BCUT2D eigenvalue weighted by Crippen LogP contribution is -2.47. The first-order valence-corrected chi connectivity index (χ1v) is 6.32. The molecule has 2 heterocycles. The quantitative estimate of drug-likeness (QED) is 0.839. The van der Waals surface area contributed by atoms with Crippen LogP contribution in [-0.2, 0) is 4.74 Å². The first kappa shape index (κ1) is 12.7. The van der Waals surface area contributed by atoms with Crippen LogP contribution in [0.15, 0.2) is 0 Å². The van der Waals surface area contributed by atoms with Crippen molar-refractivity contribution in [3.63, 3.8) is 0 Å². The molecule has 2 N–H and O–H groups in total. The minimum absolute atomic E-state index is 0.129. The predicted octanol–water partition coefficient (Wildman–Crippen LogP) is 0.461. The summed E-state index contributed by atoms with van der Waals surface area (Å²) < 4.78 is 5.48. The Bertz CT molecular complexity index is 427. The highest BCUT2D eigenvalue weighted by Crippen LogP contribution is 2.25. The maximum Gasteiger partial charge on any atom is 0.282 e. The molecule has 2 rings (SSSR count). The molecule has 2 unspecified atom stereocenters. The van der Waals surface area contributed by atoms with E-state index in [2.05, 4.69) is 15.5 Å². The van der Waals surface area contributed by atoms with Gasteiger partial charge in [-0.3, -0.25) is 4.79 Å². The Hall–Kier alpha value is -0.760. The SMILES string of the molecule is CC1OCCC1(O)CNC(=O)c1nnc(Cl)s1. The van der Waals surface area contributed by atoms with E-state index in [4.69, 9.17) is 16.3 Å². The van der Waals surface area contributed by atoms with Gasteiger partial charge >= 0.3 is 0 Å². The van der Waals surface area contributed by atoms with Gasteiger partial charge in [-0.25, -0.2) is 0 Å². The van der Waals surface area contributed by atoms with Crippen LogP contribution in [0.2, 0.25) is 4.47 Å². The van der Waals surface area contributed by atoms with Crippen molar-refractivity contribution >= 4 is 28.8 Å². The average molecular weight is 278 g/mol. The van der Waals surface area contributed by atoms with Gasteiger partial charge in [-0.05, 0) is 18.5 Å². The molecule has 94 valence electrons. The highest BCUT2D eigenvalue weighted by Gasteiger charge is 2.39. The lowest BCUT2D eigenvalue weighted by atomic mass is 9.97. The standard InChI is InChI=1S/C9H12ClN3O3S/c1-5-9(15,2-3-16-5)4-11-6(14)7-12-13-8(10)17-7/h5,15H,2-4H2,1H3,(H,11,14). The number of rotatable bonds is 3. The molecule has 0 saturated carbocycles. The van der Waals surface area contributed by atoms with E-state index in [0.29, 0.717) is 13.0 Å². The summed E-state index contributed by atoms with van der Waals surface area (Å²) in [6, 6.07) is 0. The average Bonchev–Trinajstić information content (AvgIpc) is 2.84. The molecule has 0 bridgehead atoms. The smallest absolute Gasteiger partial charge is 0.282 e. The Balaban J connectivity index is 1.92. The Morgan fingerprint density at radius 2 is 2.53 bits per heavy atom. The topological polar surface area (TPSA) is 84.3 Å². The van der Waals surface area contributed by atoms with Crippen molar-refractivity contribution in [1.29, 1.82) is 0 Å². The Morgan fingerprint density at radius 1 is 1.76 bits per heavy atom. The molecular formula is C9H12ClN3O3S. The number of aliphatic hydroxyl groups is 1. The van der Waals surface area contributed by atoms with Crippen molar-refractivity contribution in [2.45, 2.75) is 25.0 Å². The summed E-state index contributed by atoms with van der Waals surface area (Å²) in [5, 5.41) is 20.1. The molecule has 1 aliphatic heterocycles. The summed E-state index contributed by atoms with van der Waals surface area (Å²) in [6.45, 7) is 2.41. The fourth-order valence-corrected chi connectivity index (χ4v) is 2.35. The number of amides is 1. The van der Waals surface area contributed by atoms with Crippen molar-refractivity contribution in [2.75, 3.05) is 13.2 Å². The molecule has 1 fully saturated rings. The van der Waals surface area contributed by atoms with E-state index in [1.54, 1.807) is 6.92 Å². The number of aromatic nitrogens is 2. The van der Waals surface area contributed by atoms with Crippen LogP contribution in [0.5, 0.6) is 0 Å². The van der Waals surface area contributed by atoms with Gasteiger partial charge in [-0.2, -0.15) is 0 Å². The maximum atomic E-state index is 11.6. The lowest BCUT2D eigenvalue weighted by Gasteiger charge is -2.25. The number of hydrogen-bond donors (Lipinski definition) is 2. The zero-order valence-electron chi connectivity index (χ0n) is 9.14. The first-order valence-electron chi connectivity index (χ1n) is 5.12. The molecule has 2 atom stereocenters. The number of carbonyl (C=O) groups excluding carboxylic acids is 1. The van der Waals surface area contributed by atoms with Crippen LogP contribution in [-0.4, -0.2) is 46.1 Å². The second-order valence-electron chi connectivity index (χ2n) is 3.91. The molecule has 1 aromatic heterocycles. The van der Waals surface area contributed by atoms with Gasteiger partial charge in [0.25, 0.3) is 5.91 Å². The number of carbonyl (C=O) groups is 1. The second kappa shape index (κ2) is 4.85. The second-order valence-corrected chi connectivity index (χ2v) is 5.47. The van der Waals surface area contributed by atoms with Crippen molar-refractivity contribution in [1.82, 2.24) is 15.5 Å². The zero-order valence-corrected chi connectivity index (χ0v) is 10.7. The van der Waals surface area contributed by atoms with Gasteiger partial charge in [0.05, 0.1) is 6.10 Å². The summed E-state index contributed by atoms with van der Waals surface area (Å²) in [5.74, 6) is -0.387. The van der Waals surface area contributed by atoms with Crippen LogP contribution in [0.3, 0.4) is 0 Å². The molecule has 17 heavy (non-hydrogen) atoms. The molecule has 1 saturated heterocycles. The Morgan fingerprint density at radius 3 is 3.06 bits per heavy atom. The molecule has 6 nitrogen and oxygen atoms in total. The van der Waals surface area contributed by atoms with Gasteiger partial charge in [0.15, 0.2) is 0 Å². The van der Waals surface area contributed by atoms with Crippen molar-refractivity contribution in [3.05, 3.63) is 9.47 Å². The minimum Gasteiger partial charge on any atom is -0.385 e. The van der Waals surface area contributed by atoms with E-state index in [-0.39, 0.29) is 28.0 Å². The largest absolute Gasteiger partial charge is 0.385 e. The van der Waals surface area contributed by atoms with Gasteiger partial charge in [0.2, 0.25) is 9.47 Å². The van der Waals surface area contributed by atoms with Crippen molar-refractivity contribution < 1.29 is 14.6 Å². The first-order chi connectivity index (χ1) is 8.01. The lowest BCUT2D eigenvalue weighted by molar-refractivity contribution is -0.0251. The van der Waals surface area contributed by atoms with Crippen molar-refractivity contribution in [3.8, 4) is 0 Å². The van der Waals surface area contributed by atoms with Crippen molar-refractivity contribution in [2.24, 2.45) is 0 Å². The van der Waals surface area contributed by atoms with Gasteiger partial charge in [0.1, 0.15) is 5.60 Å². The maximum absolute atomic E-state index is 11.6. The molecule has 1 aliphatic rings. The zero-order chi connectivity index (χ0) is 12.5. The summed E-state index contributed by atoms with van der Waals surface area (Å²) in [5.41, 5.74) is -1.01. The third-order valence-corrected chi connectivity index (χ3v) is 3.83. The summed E-state index contributed by atoms with van der Waals surface area (Å²) >= 11 is 6.57. The molecule has 1 amide bonds. The van der Waals surface area contributed by atoms with Gasteiger partial charge in [0, 0.05) is 19.6 Å². The van der Waals surface area contributed by atoms with Gasteiger partial charge in [-0.15, -0.1) is 10.2 Å². The normalized spacial score (nSPS) is 28.3. The van der Waals surface area contributed by atoms with Crippen LogP contribution in [0, 0.1) is 0 Å². The minimum atomic E-state index is -1.01. The Kier molecular flexibility index (Phi) is 3.62. The molecule has 0 aliphatic carbocycles. The van der Waals surface area contributed by atoms with Gasteiger partial charge < -0.3 is 15.2 Å². The van der Waals surface area contributed by atoms with Crippen LogP contribution in [0.1, 0.15) is 23.1 Å². The summed E-state index contributed by atoms with van der Waals surface area (Å²) in [4.78, 5) is 11.6. The van der Waals surface area contributed by atoms with Crippen LogP contribution in [0.4, 0.5) is 0 Å². The molecule has 1 aromatic rings. The van der Waals surface area contributed by atoms with E-state index < -0.39 is 5.60 Å². The number of hydrogen-bond acceptors (Lipinski definition) is 6. The van der Waals surface area contributed by atoms with E-state index in [1.807, 2.05) is 0 Å². The predicted molar refractivity (Wildman–Crippen MR) is 62.2 cm³/mol. The highest BCUT2D eigenvalue weighted by atomic mass is 35.5. The number of nitrogens with one attached hydrogen (secondary N) is 1. The summed E-state index contributed by atoms with van der Waals surface area (Å²) in [6.07, 6.45) is 0.214. The highest BCUT2D eigenvalue weighted by molar-refractivity contribution is 7.17. The van der Waals surface area contributed by atoms with Crippen LogP contribution >= 0.6 is 22.9 Å². The van der Waals surface area contributed by atoms with E-state index in [0.717, 1.165) is 11.3 Å². The number of halogens is 1. The molecule has 0 spiro atoms. The molecule has 0 aromatic carbocycles. The van der Waals surface area contributed by atoms with E-state index in [9.17, 15) is 9.90 Å². The van der Waals surface area contributed by atoms with Gasteiger partial charge in [-0.1, -0.05) is 11.3 Å². The third-order valence-electron chi connectivity index (χ3n) is 2.81. The molecule has 8 heteroatoms. The fourth-order valence-electron chi connectivity index (χ4n) is 1.61. The van der Waals surface area contributed by atoms with E-state index >= 15 is 0 Å². The molecule has 0 radical (unpaired) electrons. The fraction of sp³-hybridized carbons (Fsp3) is 0.667. The Labute approximate surface area is 107 Å². The number of nitrogens with zero attached hydrogens (tertiary/aromatic N) is 2. The van der Waals surface area contributed by atoms with Crippen LogP contribution in [0.25, 0.3) is 0 Å². The van der Waals surface area contributed by atoms with E-state index in [1.165, 1.54) is 0 Å². The van der Waals surface area contributed by atoms with Crippen LogP contribution < -0.4 is 5.32 Å².